The topological polar surface area (TPSA) is 74.8 Å². The molecule has 0 atom stereocenters. The lowest BCUT2D eigenvalue weighted by Crippen LogP contribution is -1.96. The van der Waals surface area contributed by atoms with Crippen molar-refractivity contribution in [1.82, 2.24) is 0 Å². The molecule has 5 nitrogen and oxygen atoms in total. The van der Waals surface area contributed by atoms with Crippen LogP contribution in [0.5, 0.6) is 11.5 Å². The molecule has 0 aliphatic carbocycles. The second kappa shape index (κ2) is 4.86. The van der Waals surface area contributed by atoms with Crippen LogP contribution in [0, 0.1) is 11.3 Å². The van der Waals surface area contributed by atoms with Crippen molar-refractivity contribution in [2.45, 2.75) is 0 Å². The molecule has 0 bridgehead atoms. The molecule has 0 saturated heterocycles. The van der Waals surface area contributed by atoms with Gasteiger partial charge in [0.15, 0.2) is 11.5 Å². The standard InChI is InChI=1S/C10H10N2O3/c1-14-9-4-7(6-12-13)3-8(5-11)10(9)15-2/h3-4,6,13H,1-2H3/b12-6+. The Kier molecular flexibility index (Phi) is 3.52. The van der Waals surface area contributed by atoms with E-state index < -0.39 is 0 Å². The van der Waals surface area contributed by atoms with Crippen LogP contribution in [0.1, 0.15) is 11.1 Å². The Morgan fingerprint density at radius 1 is 1.40 bits per heavy atom. The van der Waals surface area contributed by atoms with Crippen LogP contribution in [0.15, 0.2) is 17.3 Å². The maximum atomic E-state index is 8.87. The van der Waals surface area contributed by atoms with Gasteiger partial charge >= 0.3 is 0 Å². The van der Waals surface area contributed by atoms with E-state index in [0.29, 0.717) is 22.6 Å². The van der Waals surface area contributed by atoms with E-state index in [0.717, 1.165) is 0 Å². The Morgan fingerprint density at radius 2 is 2.13 bits per heavy atom. The molecule has 0 aliphatic rings. The summed E-state index contributed by atoms with van der Waals surface area (Å²) in [6, 6.07) is 5.12. The van der Waals surface area contributed by atoms with Crippen molar-refractivity contribution in [3.8, 4) is 17.6 Å². The lowest BCUT2D eigenvalue weighted by atomic mass is 10.1. The monoisotopic (exact) mass is 206 g/mol. The van der Waals surface area contributed by atoms with Crippen LogP contribution in [0.2, 0.25) is 0 Å². The van der Waals surface area contributed by atoms with Crippen LogP contribution >= 0.6 is 0 Å². The number of nitrogens with zero attached hydrogens (tertiary/aromatic N) is 2. The molecule has 5 heteroatoms. The molecule has 0 amide bonds. The van der Waals surface area contributed by atoms with Crippen LogP contribution in [-0.2, 0) is 0 Å². The van der Waals surface area contributed by atoms with E-state index in [2.05, 4.69) is 5.16 Å². The molecule has 0 aromatic heterocycles. The fourth-order valence-electron chi connectivity index (χ4n) is 1.21. The minimum Gasteiger partial charge on any atom is -0.493 e. The third-order valence-corrected chi connectivity index (χ3v) is 1.83. The van der Waals surface area contributed by atoms with Crippen molar-refractivity contribution in [2.24, 2.45) is 5.16 Å². The van der Waals surface area contributed by atoms with E-state index in [4.69, 9.17) is 19.9 Å². The zero-order valence-electron chi connectivity index (χ0n) is 8.39. The molecule has 1 N–H and O–H groups in total. The van der Waals surface area contributed by atoms with Gasteiger partial charge in [-0.15, -0.1) is 0 Å². The van der Waals surface area contributed by atoms with E-state index in [9.17, 15) is 0 Å². The summed E-state index contributed by atoms with van der Waals surface area (Å²) in [7, 11) is 2.93. The van der Waals surface area contributed by atoms with Crippen LogP contribution in [0.3, 0.4) is 0 Å². The summed E-state index contributed by atoms with van der Waals surface area (Å²) in [6.07, 6.45) is 1.21. The van der Waals surface area contributed by atoms with E-state index >= 15 is 0 Å². The largest absolute Gasteiger partial charge is 0.493 e. The number of methoxy groups -OCH3 is 2. The fourth-order valence-corrected chi connectivity index (χ4v) is 1.21. The molecule has 78 valence electrons. The highest BCUT2D eigenvalue weighted by atomic mass is 16.5. The highest BCUT2D eigenvalue weighted by Gasteiger charge is 2.11. The van der Waals surface area contributed by atoms with E-state index in [1.807, 2.05) is 6.07 Å². The summed E-state index contributed by atoms with van der Waals surface area (Å²) < 4.78 is 10.1. The molecule has 0 unspecified atom stereocenters. The quantitative estimate of drug-likeness (QED) is 0.460. The first-order chi connectivity index (χ1) is 7.26. The molecule has 1 aromatic rings. The predicted octanol–water partition coefficient (Wildman–Crippen LogP) is 1.38. The first kappa shape index (κ1) is 10.9. The van der Waals surface area contributed by atoms with Gasteiger partial charge in [-0.1, -0.05) is 5.16 Å². The second-order valence-corrected chi connectivity index (χ2v) is 2.66. The van der Waals surface area contributed by atoms with Crippen molar-refractivity contribution >= 4 is 6.21 Å². The van der Waals surface area contributed by atoms with Gasteiger partial charge in [0.1, 0.15) is 6.07 Å². The number of oxime groups is 1. The fraction of sp³-hybridized carbons (Fsp3) is 0.200. The average molecular weight is 206 g/mol. The Labute approximate surface area is 87.2 Å². The van der Waals surface area contributed by atoms with Gasteiger partial charge in [-0.05, 0) is 12.1 Å². The molecule has 0 heterocycles. The summed E-state index contributed by atoms with van der Waals surface area (Å²) in [4.78, 5) is 0. The normalized spacial score (nSPS) is 9.93. The van der Waals surface area contributed by atoms with Gasteiger partial charge < -0.3 is 14.7 Å². The van der Waals surface area contributed by atoms with E-state index in [-0.39, 0.29) is 0 Å². The maximum Gasteiger partial charge on any atom is 0.178 e. The second-order valence-electron chi connectivity index (χ2n) is 2.66. The van der Waals surface area contributed by atoms with Gasteiger partial charge in [0.25, 0.3) is 0 Å². The van der Waals surface area contributed by atoms with Crippen LogP contribution in [0.25, 0.3) is 0 Å². The molecule has 1 rings (SSSR count). The summed E-state index contributed by atoms with van der Waals surface area (Å²) in [5, 5.41) is 20.1. The molecular weight excluding hydrogens is 196 g/mol. The average Bonchev–Trinajstić information content (AvgIpc) is 2.28. The van der Waals surface area contributed by atoms with Crippen LogP contribution in [0.4, 0.5) is 0 Å². The number of nitriles is 1. The summed E-state index contributed by atoms with van der Waals surface area (Å²) in [6.45, 7) is 0. The molecule has 0 spiro atoms. The number of hydrogen-bond donors (Lipinski definition) is 1. The van der Waals surface area contributed by atoms with Gasteiger partial charge in [0.05, 0.1) is 26.0 Å². The van der Waals surface area contributed by atoms with Crippen LogP contribution in [-0.4, -0.2) is 25.6 Å². The summed E-state index contributed by atoms with van der Waals surface area (Å²) >= 11 is 0. The molecular formula is C10H10N2O3. The lowest BCUT2D eigenvalue weighted by molar-refractivity contribution is 0.321. The third kappa shape index (κ3) is 2.17. The molecule has 0 fully saturated rings. The summed E-state index contributed by atoms with van der Waals surface area (Å²) in [5.41, 5.74) is 0.887. The number of hydrogen-bond acceptors (Lipinski definition) is 5. The van der Waals surface area contributed by atoms with Gasteiger partial charge in [-0.25, -0.2) is 0 Å². The van der Waals surface area contributed by atoms with Gasteiger partial charge in [-0.2, -0.15) is 5.26 Å². The van der Waals surface area contributed by atoms with Crippen LogP contribution < -0.4 is 9.47 Å². The minimum absolute atomic E-state index is 0.326. The Morgan fingerprint density at radius 3 is 2.60 bits per heavy atom. The zero-order valence-corrected chi connectivity index (χ0v) is 8.39. The molecule has 0 radical (unpaired) electrons. The molecule has 15 heavy (non-hydrogen) atoms. The van der Waals surface area contributed by atoms with Crippen molar-refractivity contribution in [2.75, 3.05) is 14.2 Å². The predicted molar refractivity (Wildman–Crippen MR) is 53.6 cm³/mol. The Bertz CT molecular complexity index is 421. The Hall–Kier alpha value is -2.22. The molecule has 0 aliphatic heterocycles. The lowest BCUT2D eigenvalue weighted by Gasteiger charge is -2.09. The first-order valence-corrected chi connectivity index (χ1v) is 4.10. The summed E-state index contributed by atoms with van der Waals surface area (Å²) in [5.74, 6) is 0.793. The zero-order chi connectivity index (χ0) is 11.3. The SMILES string of the molecule is COc1cc(/C=N/O)cc(C#N)c1OC. The number of ether oxygens (including phenoxy) is 2. The van der Waals surface area contributed by atoms with Gasteiger partial charge in [0, 0.05) is 5.56 Å². The van der Waals surface area contributed by atoms with Crippen molar-refractivity contribution in [3.63, 3.8) is 0 Å². The molecule has 1 aromatic carbocycles. The van der Waals surface area contributed by atoms with E-state index in [1.165, 1.54) is 20.4 Å². The third-order valence-electron chi connectivity index (χ3n) is 1.83. The highest BCUT2D eigenvalue weighted by molar-refractivity contribution is 5.81. The smallest absolute Gasteiger partial charge is 0.178 e. The minimum atomic E-state index is 0.326. The Balaban J connectivity index is 3.37. The molecule has 0 saturated carbocycles. The maximum absolute atomic E-state index is 8.87. The first-order valence-electron chi connectivity index (χ1n) is 4.10. The van der Waals surface area contributed by atoms with Crippen molar-refractivity contribution in [1.29, 1.82) is 5.26 Å². The number of benzene rings is 1. The van der Waals surface area contributed by atoms with Gasteiger partial charge in [0.2, 0.25) is 0 Å². The van der Waals surface area contributed by atoms with Gasteiger partial charge in [-0.3, -0.25) is 0 Å². The van der Waals surface area contributed by atoms with E-state index in [1.54, 1.807) is 12.1 Å². The highest BCUT2D eigenvalue weighted by Crippen LogP contribution is 2.31. The van der Waals surface area contributed by atoms with Crippen molar-refractivity contribution < 1.29 is 14.7 Å². The van der Waals surface area contributed by atoms with Crippen molar-refractivity contribution in [3.05, 3.63) is 23.3 Å². The number of rotatable bonds is 3.